The molecule has 0 bridgehead atoms. The first kappa shape index (κ1) is 17.6. The largest absolute Gasteiger partial charge is 0.336 e. The smallest absolute Gasteiger partial charge is 0.288 e. The summed E-state index contributed by atoms with van der Waals surface area (Å²) in [6, 6.07) is 11.4. The van der Waals surface area contributed by atoms with Crippen LogP contribution in [0.15, 0.2) is 63.5 Å². The molecule has 0 fully saturated rings. The van der Waals surface area contributed by atoms with Gasteiger partial charge in [0, 0.05) is 11.1 Å². The van der Waals surface area contributed by atoms with Crippen LogP contribution in [-0.2, 0) is 6.54 Å². The second-order valence-corrected chi connectivity index (χ2v) is 7.22. The fraction of sp³-hybridized carbons (Fsp3) is 0.0526. The van der Waals surface area contributed by atoms with Gasteiger partial charge in [-0.3, -0.25) is 9.36 Å². The molecule has 2 heterocycles. The lowest BCUT2D eigenvalue weighted by atomic mass is 10.2. The molecule has 0 atom stereocenters. The summed E-state index contributed by atoms with van der Waals surface area (Å²) in [5, 5.41) is 2.20. The summed E-state index contributed by atoms with van der Waals surface area (Å²) in [5.74, 6) is -1.78. The average molecular weight is 405 g/mol. The maximum Gasteiger partial charge on any atom is 0.336 e. The standard InChI is InChI=1S/C19H11ClF2N2O2S/c20-12-3-1-2-11(8-12)10-23-16-6-7-27-17(16)18(25)24(19(23)26)15-5-4-13(21)9-14(15)22/h1-9H,10H2. The Balaban J connectivity index is 2.01. The van der Waals surface area contributed by atoms with Crippen molar-refractivity contribution in [1.82, 2.24) is 9.13 Å². The first-order valence-electron chi connectivity index (χ1n) is 7.88. The molecule has 4 aromatic rings. The van der Waals surface area contributed by atoms with Crippen LogP contribution in [-0.4, -0.2) is 9.13 Å². The lowest BCUT2D eigenvalue weighted by Crippen LogP contribution is -2.39. The molecule has 0 unspecified atom stereocenters. The minimum atomic E-state index is -0.987. The van der Waals surface area contributed by atoms with Crippen LogP contribution in [0.5, 0.6) is 0 Å². The number of thiophene rings is 1. The fourth-order valence-electron chi connectivity index (χ4n) is 2.93. The number of hydrogen-bond donors (Lipinski definition) is 0. The van der Waals surface area contributed by atoms with E-state index in [1.54, 1.807) is 35.7 Å². The van der Waals surface area contributed by atoms with Crippen molar-refractivity contribution in [3.05, 3.63) is 97.0 Å². The maximum atomic E-state index is 14.3. The van der Waals surface area contributed by atoms with Crippen molar-refractivity contribution in [1.29, 1.82) is 0 Å². The normalized spacial score (nSPS) is 11.2. The summed E-state index contributed by atoms with van der Waals surface area (Å²) in [7, 11) is 0. The molecule has 4 nitrogen and oxygen atoms in total. The predicted molar refractivity (Wildman–Crippen MR) is 102 cm³/mol. The highest BCUT2D eigenvalue weighted by atomic mass is 35.5. The van der Waals surface area contributed by atoms with E-state index in [0.717, 1.165) is 33.6 Å². The van der Waals surface area contributed by atoms with Crippen molar-refractivity contribution in [3.63, 3.8) is 0 Å². The number of aromatic nitrogens is 2. The first-order valence-corrected chi connectivity index (χ1v) is 9.14. The Morgan fingerprint density at radius 3 is 2.59 bits per heavy atom. The number of fused-ring (bicyclic) bond motifs is 1. The quantitative estimate of drug-likeness (QED) is 0.514. The van der Waals surface area contributed by atoms with E-state index in [9.17, 15) is 18.4 Å². The van der Waals surface area contributed by atoms with E-state index in [0.29, 0.717) is 21.3 Å². The third-order valence-electron chi connectivity index (χ3n) is 4.14. The van der Waals surface area contributed by atoms with Crippen molar-refractivity contribution in [2.24, 2.45) is 0 Å². The maximum absolute atomic E-state index is 14.3. The van der Waals surface area contributed by atoms with Crippen LogP contribution in [0.1, 0.15) is 5.56 Å². The third kappa shape index (κ3) is 3.09. The van der Waals surface area contributed by atoms with E-state index in [1.165, 1.54) is 4.57 Å². The van der Waals surface area contributed by atoms with Gasteiger partial charge in [0.2, 0.25) is 0 Å². The summed E-state index contributed by atoms with van der Waals surface area (Å²) in [6.45, 7) is 0.149. The SMILES string of the molecule is O=c1c2sccc2n(Cc2cccc(Cl)c2)c(=O)n1-c1ccc(F)cc1F. The number of rotatable bonds is 3. The summed E-state index contributed by atoms with van der Waals surface area (Å²) in [4.78, 5) is 25.9. The minimum Gasteiger partial charge on any atom is -0.288 e. The summed E-state index contributed by atoms with van der Waals surface area (Å²) in [6.07, 6.45) is 0. The van der Waals surface area contributed by atoms with Crippen LogP contribution in [0.25, 0.3) is 15.9 Å². The van der Waals surface area contributed by atoms with E-state index < -0.39 is 22.9 Å². The predicted octanol–water partition coefficient (Wildman–Crippen LogP) is 4.19. The van der Waals surface area contributed by atoms with E-state index in [-0.39, 0.29) is 12.2 Å². The molecule has 0 radical (unpaired) electrons. The van der Waals surface area contributed by atoms with Crippen molar-refractivity contribution in [2.75, 3.05) is 0 Å². The van der Waals surface area contributed by atoms with Gasteiger partial charge >= 0.3 is 5.69 Å². The molecule has 0 spiro atoms. The lowest BCUT2D eigenvalue weighted by Gasteiger charge is -2.13. The molecular formula is C19H11ClF2N2O2S. The van der Waals surface area contributed by atoms with Gasteiger partial charge in [-0.15, -0.1) is 11.3 Å². The van der Waals surface area contributed by atoms with Gasteiger partial charge in [-0.25, -0.2) is 18.1 Å². The molecule has 0 aliphatic heterocycles. The van der Waals surface area contributed by atoms with Gasteiger partial charge in [0.05, 0.1) is 17.7 Å². The van der Waals surface area contributed by atoms with Crippen LogP contribution < -0.4 is 11.2 Å². The van der Waals surface area contributed by atoms with Crippen molar-refractivity contribution in [2.45, 2.75) is 6.54 Å². The van der Waals surface area contributed by atoms with Gasteiger partial charge < -0.3 is 0 Å². The first-order chi connectivity index (χ1) is 13.0. The van der Waals surface area contributed by atoms with Crippen LogP contribution in [0.3, 0.4) is 0 Å². The van der Waals surface area contributed by atoms with Crippen LogP contribution in [0.2, 0.25) is 5.02 Å². The van der Waals surface area contributed by atoms with E-state index >= 15 is 0 Å². The highest BCUT2D eigenvalue weighted by molar-refractivity contribution is 7.17. The second kappa shape index (κ2) is 6.75. The highest BCUT2D eigenvalue weighted by Gasteiger charge is 2.18. The number of benzene rings is 2. The Morgan fingerprint density at radius 1 is 1.04 bits per heavy atom. The van der Waals surface area contributed by atoms with E-state index in [4.69, 9.17) is 11.6 Å². The van der Waals surface area contributed by atoms with E-state index in [2.05, 4.69) is 0 Å². The Morgan fingerprint density at radius 2 is 1.85 bits per heavy atom. The Bertz CT molecular complexity index is 1290. The highest BCUT2D eigenvalue weighted by Crippen LogP contribution is 2.19. The van der Waals surface area contributed by atoms with Crippen molar-refractivity contribution < 1.29 is 8.78 Å². The zero-order chi connectivity index (χ0) is 19.1. The van der Waals surface area contributed by atoms with Gasteiger partial charge in [-0.2, -0.15) is 0 Å². The molecule has 0 saturated heterocycles. The van der Waals surface area contributed by atoms with Crippen molar-refractivity contribution >= 4 is 33.2 Å². The van der Waals surface area contributed by atoms with Gasteiger partial charge in [0.25, 0.3) is 5.56 Å². The Kier molecular flexibility index (Phi) is 4.41. The van der Waals surface area contributed by atoms with E-state index in [1.807, 2.05) is 0 Å². The van der Waals surface area contributed by atoms with Gasteiger partial charge in [0.15, 0.2) is 0 Å². The second-order valence-electron chi connectivity index (χ2n) is 5.87. The fourth-order valence-corrected chi connectivity index (χ4v) is 3.97. The molecule has 0 N–H and O–H groups in total. The molecule has 0 aliphatic rings. The molecule has 27 heavy (non-hydrogen) atoms. The third-order valence-corrected chi connectivity index (χ3v) is 5.26. The van der Waals surface area contributed by atoms with Crippen LogP contribution in [0.4, 0.5) is 8.78 Å². The van der Waals surface area contributed by atoms with Crippen LogP contribution in [0, 0.1) is 11.6 Å². The van der Waals surface area contributed by atoms with Crippen molar-refractivity contribution in [3.8, 4) is 5.69 Å². The van der Waals surface area contributed by atoms with Gasteiger partial charge in [0.1, 0.15) is 16.3 Å². The summed E-state index contributed by atoms with van der Waals surface area (Å²) in [5.41, 5.74) is -0.439. The molecular weight excluding hydrogens is 394 g/mol. The van der Waals surface area contributed by atoms with Gasteiger partial charge in [-0.1, -0.05) is 23.7 Å². The zero-order valence-electron chi connectivity index (χ0n) is 13.7. The molecule has 0 aliphatic carbocycles. The topological polar surface area (TPSA) is 44.0 Å². The molecule has 0 amide bonds. The van der Waals surface area contributed by atoms with Gasteiger partial charge in [-0.05, 0) is 41.3 Å². The average Bonchev–Trinajstić information content (AvgIpc) is 3.10. The molecule has 0 saturated carbocycles. The summed E-state index contributed by atoms with van der Waals surface area (Å²) < 4.78 is 29.9. The summed E-state index contributed by atoms with van der Waals surface area (Å²) >= 11 is 7.16. The minimum absolute atomic E-state index is 0.149. The number of nitrogens with zero attached hydrogens (tertiary/aromatic N) is 2. The molecule has 2 aromatic carbocycles. The Hall–Kier alpha value is -2.77. The zero-order valence-corrected chi connectivity index (χ0v) is 15.2. The molecule has 4 rings (SSSR count). The number of halogens is 3. The lowest BCUT2D eigenvalue weighted by molar-refractivity contribution is 0.572. The Labute approximate surface area is 160 Å². The molecule has 136 valence electrons. The number of hydrogen-bond acceptors (Lipinski definition) is 3. The monoisotopic (exact) mass is 404 g/mol. The molecule has 8 heteroatoms. The van der Waals surface area contributed by atoms with Crippen LogP contribution >= 0.6 is 22.9 Å². The molecule has 2 aromatic heterocycles.